The quantitative estimate of drug-likeness (QED) is 0.506. The summed E-state index contributed by atoms with van der Waals surface area (Å²) < 4.78 is 29.5. The van der Waals surface area contributed by atoms with Gasteiger partial charge in [-0.3, -0.25) is 14.4 Å². The molecule has 2 amide bonds. The number of nitrogens with zero attached hydrogens (tertiary/aromatic N) is 4. The first-order chi connectivity index (χ1) is 16.5. The molecule has 0 fully saturated rings. The number of benzene rings is 1. The minimum atomic E-state index is -3.30. The smallest absolute Gasteiger partial charge is 0.271 e. The number of carbonyl (C=O) groups excluding carboxylic acids is 2. The van der Waals surface area contributed by atoms with Crippen LogP contribution in [0.15, 0.2) is 39.6 Å². The second-order valence-corrected chi connectivity index (χ2v) is 10.8. The summed E-state index contributed by atoms with van der Waals surface area (Å²) in [5.74, 6) is -1.05. The maximum Gasteiger partial charge on any atom is 0.271 e. The lowest BCUT2D eigenvalue weighted by Gasteiger charge is -2.30. The van der Waals surface area contributed by atoms with Gasteiger partial charge in [-0.25, -0.2) is 8.42 Å². The Bertz CT molecular complexity index is 1460. The zero-order valence-electron chi connectivity index (χ0n) is 19.6. The largest absolute Gasteiger partial charge is 0.348 e. The van der Waals surface area contributed by atoms with E-state index in [1.54, 1.807) is 6.92 Å². The molecule has 0 bridgehead atoms. The van der Waals surface area contributed by atoms with Gasteiger partial charge in [0, 0.05) is 39.4 Å². The highest BCUT2D eigenvalue weighted by Crippen LogP contribution is 2.25. The molecule has 35 heavy (non-hydrogen) atoms. The monoisotopic (exact) mass is 499 g/mol. The highest BCUT2D eigenvalue weighted by Gasteiger charge is 2.32. The standard InChI is InChI=1S/C23H25N5O6S/c1-14-4-6-16(7-5-14)13-24-21(29)18-12-17(20-25-15(2)34-26-20)19-23(31)27(10-11-35(3,32)33)8-9-28(19)22(18)30/h4-7,12H,8-11,13H2,1-3H3,(H,24,29). The first-order valence-electron chi connectivity index (χ1n) is 10.9. The van der Waals surface area contributed by atoms with E-state index in [0.717, 1.165) is 17.4 Å². The van der Waals surface area contributed by atoms with Crippen LogP contribution in [0.3, 0.4) is 0 Å². The van der Waals surface area contributed by atoms with Crippen molar-refractivity contribution < 1.29 is 22.5 Å². The first-order valence-corrected chi connectivity index (χ1v) is 13.0. The first kappa shape index (κ1) is 24.3. The zero-order chi connectivity index (χ0) is 25.3. The molecule has 0 radical (unpaired) electrons. The second kappa shape index (κ2) is 9.45. The number of amides is 2. The molecule has 0 saturated heterocycles. The van der Waals surface area contributed by atoms with Gasteiger partial charge in [-0.1, -0.05) is 35.0 Å². The number of nitrogens with one attached hydrogen (secondary N) is 1. The van der Waals surface area contributed by atoms with E-state index in [2.05, 4.69) is 15.5 Å². The van der Waals surface area contributed by atoms with Gasteiger partial charge in [0.2, 0.25) is 11.7 Å². The molecule has 11 nitrogen and oxygen atoms in total. The molecule has 3 aromatic rings. The Labute approximate surface area is 201 Å². The number of rotatable bonds is 7. The van der Waals surface area contributed by atoms with Crippen LogP contribution >= 0.6 is 0 Å². The Kier molecular flexibility index (Phi) is 6.57. The molecule has 2 aromatic heterocycles. The van der Waals surface area contributed by atoms with E-state index < -0.39 is 27.2 Å². The number of hydrogen-bond acceptors (Lipinski definition) is 8. The van der Waals surface area contributed by atoms with Crippen LogP contribution in [0.5, 0.6) is 0 Å². The minimum absolute atomic E-state index is 0.00867. The second-order valence-electron chi connectivity index (χ2n) is 8.50. The lowest BCUT2D eigenvalue weighted by molar-refractivity contribution is 0.0711. The Morgan fingerprint density at radius 2 is 1.86 bits per heavy atom. The van der Waals surface area contributed by atoms with Crippen LogP contribution in [0.25, 0.3) is 11.4 Å². The number of aromatic nitrogens is 3. The number of fused-ring (bicyclic) bond motifs is 1. The third kappa shape index (κ3) is 5.32. The van der Waals surface area contributed by atoms with Crippen LogP contribution < -0.4 is 10.9 Å². The lowest BCUT2D eigenvalue weighted by Crippen LogP contribution is -2.47. The van der Waals surface area contributed by atoms with Gasteiger partial charge in [0.1, 0.15) is 21.1 Å². The Morgan fingerprint density at radius 1 is 1.14 bits per heavy atom. The number of hydrogen-bond donors (Lipinski definition) is 1. The van der Waals surface area contributed by atoms with E-state index in [0.29, 0.717) is 0 Å². The maximum atomic E-state index is 13.3. The van der Waals surface area contributed by atoms with Crippen molar-refractivity contribution in [1.82, 2.24) is 24.9 Å². The van der Waals surface area contributed by atoms with Gasteiger partial charge in [0.25, 0.3) is 17.4 Å². The molecular formula is C23H25N5O6S. The van der Waals surface area contributed by atoms with E-state index in [-0.39, 0.29) is 60.5 Å². The Morgan fingerprint density at radius 3 is 2.49 bits per heavy atom. The molecule has 12 heteroatoms. The van der Waals surface area contributed by atoms with E-state index in [1.165, 1.54) is 15.5 Å². The van der Waals surface area contributed by atoms with Crippen molar-refractivity contribution in [3.8, 4) is 11.4 Å². The molecule has 0 saturated carbocycles. The van der Waals surface area contributed by atoms with Crippen LogP contribution in [0.4, 0.5) is 0 Å². The summed E-state index contributed by atoms with van der Waals surface area (Å²) in [7, 11) is -3.30. The summed E-state index contributed by atoms with van der Waals surface area (Å²) in [6.07, 6.45) is 1.09. The van der Waals surface area contributed by atoms with Crippen LogP contribution in [-0.2, 0) is 22.9 Å². The van der Waals surface area contributed by atoms with Gasteiger partial charge in [0.15, 0.2) is 0 Å². The van der Waals surface area contributed by atoms with Crippen molar-refractivity contribution in [1.29, 1.82) is 0 Å². The van der Waals surface area contributed by atoms with Gasteiger partial charge in [0.05, 0.1) is 11.3 Å². The van der Waals surface area contributed by atoms with Crippen LogP contribution in [0, 0.1) is 13.8 Å². The normalized spacial score (nSPS) is 13.6. The number of carbonyl (C=O) groups is 2. The highest BCUT2D eigenvalue weighted by molar-refractivity contribution is 7.90. The fraction of sp³-hybridized carbons (Fsp3) is 0.348. The van der Waals surface area contributed by atoms with Gasteiger partial charge >= 0.3 is 0 Å². The van der Waals surface area contributed by atoms with Crippen molar-refractivity contribution in [2.45, 2.75) is 26.9 Å². The van der Waals surface area contributed by atoms with Crippen LogP contribution in [0.2, 0.25) is 0 Å². The average Bonchev–Trinajstić information content (AvgIpc) is 3.24. The van der Waals surface area contributed by atoms with Gasteiger partial charge < -0.3 is 19.3 Å². The molecule has 1 aliphatic rings. The van der Waals surface area contributed by atoms with Crippen molar-refractivity contribution in [3.05, 3.63) is 69.0 Å². The summed E-state index contributed by atoms with van der Waals surface area (Å²) in [5, 5.41) is 6.62. The third-order valence-corrected chi connectivity index (χ3v) is 6.62. The summed E-state index contributed by atoms with van der Waals surface area (Å²) in [4.78, 5) is 45.1. The Hall–Kier alpha value is -3.80. The Balaban J connectivity index is 1.71. The van der Waals surface area contributed by atoms with Gasteiger partial charge in [-0.15, -0.1) is 0 Å². The lowest BCUT2D eigenvalue weighted by atomic mass is 10.0. The topological polar surface area (TPSA) is 144 Å². The van der Waals surface area contributed by atoms with E-state index in [9.17, 15) is 22.8 Å². The minimum Gasteiger partial charge on any atom is -0.348 e. The summed E-state index contributed by atoms with van der Waals surface area (Å²) >= 11 is 0. The van der Waals surface area contributed by atoms with Crippen LogP contribution in [0.1, 0.15) is 37.9 Å². The molecule has 0 atom stereocenters. The van der Waals surface area contributed by atoms with E-state index >= 15 is 0 Å². The fourth-order valence-corrected chi connectivity index (χ4v) is 4.35. The number of sulfone groups is 1. The highest BCUT2D eigenvalue weighted by atomic mass is 32.2. The van der Waals surface area contributed by atoms with Crippen molar-refractivity contribution >= 4 is 21.7 Å². The number of aryl methyl sites for hydroxylation is 2. The SMILES string of the molecule is Cc1ccc(CNC(=O)c2cc(-c3noc(C)n3)c3n(c2=O)CCN(CCS(C)(=O)=O)C3=O)cc1. The van der Waals surface area contributed by atoms with E-state index in [4.69, 9.17) is 4.52 Å². The third-order valence-electron chi connectivity index (χ3n) is 5.69. The maximum absolute atomic E-state index is 13.3. The molecule has 0 aliphatic carbocycles. The summed E-state index contributed by atoms with van der Waals surface area (Å²) in [6.45, 7) is 3.95. The molecular weight excluding hydrogens is 474 g/mol. The summed E-state index contributed by atoms with van der Waals surface area (Å²) in [5.41, 5.74) is 1.33. The number of pyridine rings is 1. The van der Waals surface area contributed by atoms with Crippen molar-refractivity contribution in [3.63, 3.8) is 0 Å². The summed E-state index contributed by atoms with van der Waals surface area (Å²) in [6, 6.07) is 8.90. The molecule has 1 aromatic carbocycles. The zero-order valence-corrected chi connectivity index (χ0v) is 20.4. The molecule has 4 rings (SSSR count). The molecule has 1 N–H and O–H groups in total. The molecule has 0 unspecified atom stereocenters. The molecule has 0 spiro atoms. The average molecular weight is 500 g/mol. The van der Waals surface area contributed by atoms with Crippen molar-refractivity contribution in [2.24, 2.45) is 0 Å². The van der Waals surface area contributed by atoms with Crippen molar-refractivity contribution in [2.75, 3.05) is 25.1 Å². The van der Waals surface area contributed by atoms with E-state index in [1.807, 2.05) is 31.2 Å². The molecule has 184 valence electrons. The van der Waals surface area contributed by atoms with Gasteiger partial charge in [-0.05, 0) is 18.6 Å². The molecule has 3 heterocycles. The predicted molar refractivity (Wildman–Crippen MR) is 127 cm³/mol. The molecule has 1 aliphatic heterocycles. The predicted octanol–water partition coefficient (Wildman–Crippen LogP) is 0.946. The van der Waals surface area contributed by atoms with Gasteiger partial charge in [-0.2, -0.15) is 4.98 Å². The fourth-order valence-electron chi connectivity index (χ4n) is 3.80. The van der Waals surface area contributed by atoms with Crippen LogP contribution in [-0.4, -0.2) is 64.9 Å².